The molecule has 2 aromatic carbocycles. The zero-order chi connectivity index (χ0) is 19.8. The van der Waals surface area contributed by atoms with Gasteiger partial charge in [-0.2, -0.15) is 0 Å². The number of alkyl halides is 1. The van der Waals surface area contributed by atoms with Gasteiger partial charge in [-0.1, -0.05) is 36.4 Å². The quantitative estimate of drug-likeness (QED) is 0.592. The average molecular weight is 378 g/mol. The van der Waals surface area contributed by atoms with Crippen LogP contribution in [0.1, 0.15) is 41.4 Å². The molecule has 0 aliphatic carbocycles. The molecule has 0 N–H and O–H groups in total. The monoisotopic (exact) mass is 378 g/mol. The van der Waals surface area contributed by atoms with Gasteiger partial charge in [0.05, 0.1) is 28.3 Å². The number of rotatable bonds is 5. The number of nitrogens with zero attached hydrogens (tertiary/aromatic N) is 2. The molecule has 2 aromatic rings. The van der Waals surface area contributed by atoms with Crippen LogP contribution in [0.3, 0.4) is 0 Å². The van der Waals surface area contributed by atoms with Gasteiger partial charge in [0, 0.05) is 6.54 Å². The average Bonchev–Trinajstić information content (AvgIpc) is 3.12. The summed E-state index contributed by atoms with van der Waals surface area (Å²) in [5.74, 6) is -1.98. The van der Waals surface area contributed by atoms with Gasteiger partial charge in [0.25, 0.3) is 23.6 Å². The summed E-state index contributed by atoms with van der Waals surface area (Å²) in [5.41, 5.74) is 1.12. The fraction of sp³-hybridized carbons (Fsp3) is 0.143. The van der Waals surface area contributed by atoms with Gasteiger partial charge in [0.1, 0.15) is 6.67 Å². The molecule has 6 nitrogen and oxygen atoms in total. The van der Waals surface area contributed by atoms with E-state index in [0.29, 0.717) is 11.1 Å². The second-order valence-electron chi connectivity index (χ2n) is 6.44. The van der Waals surface area contributed by atoms with Crippen molar-refractivity contribution in [2.75, 3.05) is 13.2 Å². The Morgan fingerprint density at radius 3 is 1.61 bits per heavy atom. The Hall–Kier alpha value is -3.61. The zero-order valence-electron chi connectivity index (χ0n) is 14.7. The predicted octanol–water partition coefficient (Wildman–Crippen LogP) is 2.47. The molecule has 0 aromatic heterocycles. The summed E-state index contributed by atoms with van der Waals surface area (Å²) in [6, 6.07) is 11.7. The number of hydrogen-bond donors (Lipinski definition) is 0. The number of amides is 4. The van der Waals surface area contributed by atoms with Crippen LogP contribution in [-0.2, 0) is 0 Å². The lowest BCUT2D eigenvalue weighted by Gasteiger charge is -2.21. The Kier molecular flexibility index (Phi) is 4.35. The molecule has 140 valence electrons. The fourth-order valence-corrected chi connectivity index (χ4v) is 3.44. The third-order valence-corrected chi connectivity index (χ3v) is 4.84. The lowest BCUT2D eigenvalue weighted by Crippen LogP contribution is -2.40. The molecule has 7 heteroatoms. The molecular weight excluding hydrogens is 363 g/mol. The van der Waals surface area contributed by atoms with Gasteiger partial charge in [-0.05, 0) is 24.3 Å². The minimum absolute atomic E-state index is 0.0774. The summed E-state index contributed by atoms with van der Waals surface area (Å²) in [6.07, 6.45) is 2.76. The minimum atomic E-state index is -1.11. The Morgan fingerprint density at radius 2 is 1.18 bits per heavy atom. The highest BCUT2D eigenvalue weighted by Gasteiger charge is 2.39. The van der Waals surface area contributed by atoms with E-state index in [0.717, 1.165) is 9.80 Å². The number of halogens is 1. The second kappa shape index (κ2) is 6.84. The van der Waals surface area contributed by atoms with Gasteiger partial charge >= 0.3 is 0 Å². The predicted molar refractivity (Wildman–Crippen MR) is 97.7 cm³/mol. The van der Waals surface area contributed by atoms with E-state index in [1.165, 1.54) is 24.3 Å². The minimum Gasteiger partial charge on any atom is -0.270 e. The van der Waals surface area contributed by atoms with Crippen molar-refractivity contribution in [3.05, 3.63) is 82.9 Å². The van der Waals surface area contributed by atoms with Crippen molar-refractivity contribution >= 4 is 23.6 Å². The Morgan fingerprint density at radius 1 is 0.750 bits per heavy atom. The van der Waals surface area contributed by atoms with Crippen LogP contribution in [0.5, 0.6) is 0 Å². The zero-order valence-corrected chi connectivity index (χ0v) is 14.7. The summed E-state index contributed by atoms with van der Waals surface area (Å²) >= 11 is 0. The molecule has 4 rings (SSSR count). The molecule has 0 fully saturated rings. The SMILES string of the molecule is O=C1c2ccccc2C(=O)N1C/C=C/C(CF)N1C(=O)c2ccccc2C1=O. The number of hydrogen-bond acceptors (Lipinski definition) is 4. The maximum atomic E-state index is 13.6. The van der Waals surface area contributed by atoms with Crippen LogP contribution in [0, 0.1) is 0 Å². The molecule has 0 bridgehead atoms. The van der Waals surface area contributed by atoms with Gasteiger partial charge in [-0.25, -0.2) is 4.39 Å². The first-order valence-corrected chi connectivity index (χ1v) is 8.69. The van der Waals surface area contributed by atoms with E-state index in [4.69, 9.17) is 0 Å². The molecule has 0 spiro atoms. The van der Waals surface area contributed by atoms with E-state index in [1.54, 1.807) is 36.4 Å². The Bertz CT molecular complexity index is 976. The van der Waals surface area contributed by atoms with Crippen LogP contribution < -0.4 is 0 Å². The van der Waals surface area contributed by atoms with Gasteiger partial charge in [-0.15, -0.1) is 0 Å². The van der Waals surface area contributed by atoms with Crippen LogP contribution in [0.25, 0.3) is 0 Å². The maximum absolute atomic E-state index is 13.6. The third kappa shape index (κ3) is 2.63. The molecule has 4 amide bonds. The van der Waals surface area contributed by atoms with E-state index in [2.05, 4.69) is 0 Å². The van der Waals surface area contributed by atoms with Gasteiger partial charge in [0.2, 0.25) is 0 Å². The van der Waals surface area contributed by atoms with Crippen molar-refractivity contribution in [1.29, 1.82) is 0 Å². The molecule has 2 heterocycles. The first-order valence-electron chi connectivity index (χ1n) is 8.69. The normalized spacial score (nSPS) is 16.9. The summed E-state index contributed by atoms with van der Waals surface area (Å²) in [6.45, 7) is -1.05. The number of imide groups is 2. The fourth-order valence-electron chi connectivity index (χ4n) is 3.44. The number of carbonyl (C=O) groups excluding carboxylic acids is 4. The Balaban J connectivity index is 1.51. The van der Waals surface area contributed by atoms with Crippen molar-refractivity contribution in [3.8, 4) is 0 Å². The maximum Gasteiger partial charge on any atom is 0.262 e. The van der Waals surface area contributed by atoms with Crippen LogP contribution in [0.2, 0.25) is 0 Å². The van der Waals surface area contributed by atoms with Crippen LogP contribution in [0.4, 0.5) is 4.39 Å². The summed E-state index contributed by atoms with van der Waals surface area (Å²) in [5, 5.41) is 0. The van der Waals surface area contributed by atoms with Crippen molar-refractivity contribution in [1.82, 2.24) is 9.80 Å². The first kappa shape index (κ1) is 17.8. The van der Waals surface area contributed by atoms with Crippen LogP contribution >= 0.6 is 0 Å². The standard InChI is InChI=1S/C21H15FN2O4/c22-12-13(24-20(27)16-9-3-4-10-17(16)21(24)28)6-5-11-23-18(25)14-7-1-2-8-15(14)19(23)26/h1-10,13H,11-12H2/b6-5+. The van der Waals surface area contributed by atoms with E-state index in [1.807, 2.05) is 0 Å². The topological polar surface area (TPSA) is 74.8 Å². The molecule has 0 radical (unpaired) electrons. The molecule has 0 saturated heterocycles. The molecule has 0 saturated carbocycles. The largest absolute Gasteiger partial charge is 0.270 e. The molecular formula is C21H15FN2O4. The van der Waals surface area contributed by atoms with E-state index >= 15 is 0 Å². The number of benzene rings is 2. The van der Waals surface area contributed by atoms with Crippen molar-refractivity contribution in [2.45, 2.75) is 6.04 Å². The summed E-state index contributed by atoms with van der Waals surface area (Å²) < 4.78 is 13.6. The van der Waals surface area contributed by atoms with Crippen molar-refractivity contribution in [2.24, 2.45) is 0 Å². The third-order valence-electron chi connectivity index (χ3n) is 4.84. The first-order chi connectivity index (χ1) is 13.5. The summed E-state index contributed by atoms with van der Waals surface area (Å²) in [7, 11) is 0. The molecule has 28 heavy (non-hydrogen) atoms. The van der Waals surface area contributed by atoms with E-state index < -0.39 is 36.3 Å². The lowest BCUT2D eigenvalue weighted by atomic mass is 10.1. The lowest BCUT2D eigenvalue weighted by molar-refractivity contribution is 0.0590. The molecule has 1 atom stereocenters. The summed E-state index contributed by atoms with van der Waals surface area (Å²) in [4.78, 5) is 51.5. The van der Waals surface area contributed by atoms with Gasteiger partial charge < -0.3 is 0 Å². The highest BCUT2D eigenvalue weighted by molar-refractivity contribution is 6.22. The second-order valence-corrected chi connectivity index (χ2v) is 6.44. The molecule has 1 unspecified atom stereocenters. The number of fused-ring (bicyclic) bond motifs is 2. The van der Waals surface area contributed by atoms with Gasteiger partial charge in [0.15, 0.2) is 0 Å². The highest BCUT2D eigenvalue weighted by atomic mass is 19.1. The van der Waals surface area contributed by atoms with Crippen LogP contribution in [0.15, 0.2) is 60.7 Å². The van der Waals surface area contributed by atoms with Crippen molar-refractivity contribution < 1.29 is 23.6 Å². The van der Waals surface area contributed by atoms with Gasteiger partial charge in [-0.3, -0.25) is 29.0 Å². The smallest absolute Gasteiger partial charge is 0.262 e. The highest BCUT2D eigenvalue weighted by Crippen LogP contribution is 2.26. The van der Waals surface area contributed by atoms with E-state index in [-0.39, 0.29) is 17.7 Å². The van der Waals surface area contributed by atoms with Crippen molar-refractivity contribution in [3.63, 3.8) is 0 Å². The molecule has 2 aliphatic rings. The Labute approximate surface area is 159 Å². The molecule has 2 aliphatic heterocycles. The number of carbonyl (C=O) groups is 4. The van der Waals surface area contributed by atoms with E-state index in [9.17, 15) is 23.6 Å². The van der Waals surface area contributed by atoms with Crippen LogP contribution in [-0.4, -0.2) is 52.7 Å².